The summed E-state index contributed by atoms with van der Waals surface area (Å²) in [6.07, 6.45) is -11.5. The fourth-order valence-corrected chi connectivity index (χ4v) is 10.5. The van der Waals surface area contributed by atoms with E-state index in [2.05, 4.69) is 0 Å². The van der Waals surface area contributed by atoms with E-state index in [4.69, 9.17) is 75.9 Å². The maximum atomic E-state index is 14.4. The molecule has 0 fully saturated rings. The first-order chi connectivity index (χ1) is 17.7. The lowest BCUT2D eigenvalue weighted by Gasteiger charge is -2.38. The Morgan fingerprint density at radius 2 is 0.872 bits per heavy atom. The Labute approximate surface area is 253 Å². The summed E-state index contributed by atoms with van der Waals surface area (Å²) < 4.78 is 97.5. The van der Waals surface area contributed by atoms with E-state index >= 15 is 0 Å². The number of hydrogen-bond acceptors (Lipinski definition) is 2. The van der Waals surface area contributed by atoms with Crippen molar-refractivity contribution in [3.05, 3.63) is 59.7 Å². The summed E-state index contributed by atoms with van der Waals surface area (Å²) in [7, 11) is 0. The van der Waals surface area contributed by atoms with Gasteiger partial charge in [0.2, 0.25) is 5.41 Å². The minimum atomic E-state index is -5.73. The standard InChI is InChI=1S/C23H24Cl6F6O2Si2/c1-15(13-38(24,25)26)11-36-19-7-3-17(4-8-19)21(22(30,31)32,23(33,34)35)18-5-9-20(10-6-18)37-12-16(2)14-39(27,28)29/h3-10,15-16H,11-14H2,1-2H3. The van der Waals surface area contributed by atoms with Gasteiger partial charge in [-0.1, -0.05) is 38.1 Å². The summed E-state index contributed by atoms with van der Waals surface area (Å²) in [6, 6.07) is 1.86. The smallest absolute Gasteiger partial charge is 0.411 e. The first-order valence-corrected chi connectivity index (χ1v) is 21.9. The highest BCUT2D eigenvalue weighted by molar-refractivity contribution is 7.65. The molecule has 0 aliphatic carbocycles. The molecule has 220 valence electrons. The topological polar surface area (TPSA) is 18.5 Å². The molecule has 2 atom stereocenters. The molecule has 16 heteroatoms. The molecule has 0 aromatic heterocycles. The van der Waals surface area contributed by atoms with E-state index < -0.39 is 40.9 Å². The minimum absolute atomic E-state index is 0.0634. The first kappa shape index (κ1) is 35.0. The zero-order valence-electron chi connectivity index (χ0n) is 20.5. The number of rotatable bonds is 12. The first-order valence-electron chi connectivity index (χ1n) is 11.4. The van der Waals surface area contributed by atoms with Gasteiger partial charge in [-0.2, -0.15) is 26.3 Å². The molecule has 0 radical (unpaired) electrons. The molecule has 2 aromatic rings. The van der Waals surface area contributed by atoms with Crippen LogP contribution in [0.4, 0.5) is 26.3 Å². The fourth-order valence-electron chi connectivity index (χ4n) is 3.97. The van der Waals surface area contributed by atoms with Crippen molar-refractivity contribution in [2.24, 2.45) is 11.8 Å². The average Bonchev–Trinajstić information content (AvgIpc) is 2.74. The van der Waals surface area contributed by atoms with Crippen molar-refractivity contribution >= 4 is 78.5 Å². The molecule has 0 bridgehead atoms. The van der Waals surface area contributed by atoms with E-state index in [0.717, 1.165) is 48.5 Å². The molecule has 0 heterocycles. The monoisotopic (exact) mass is 712 g/mol. The summed E-state index contributed by atoms with van der Waals surface area (Å²) >= 11 is 35.2. The highest BCUT2D eigenvalue weighted by Crippen LogP contribution is 2.56. The molecule has 0 spiro atoms. The summed E-state index contributed by atoms with van der Waals surface area (Å²) in [4.78, 5) is 0. The van der Waals surface area contributed by atoms with E-state index in [1.165, 1.54) is 0 Å². The molecule has 0 saturated carbocycles. The summed E-state index contributed by atoms with van der Waals surface area (Å²) in [6.45, 7) is 3.62. The third-order valence-corrected chi connectivity index (χ3v) is 10.8. The van der Waals surface area contributed by atoms with Gasteiger partial charge < -0.3 is 9.47 Å². The van der Waals surface area contributed by atoms with Gasteiger partial charge in [-0.3, -0.25) is 0 Å². The van der Waals surface area contributed by atoms with Crippen molar-refractivity contribution < 1.29 is 35.8 Å². The lowest BCUT2D eigenvalue weighted by Crippen LogP contribution is -2.54. The van der Waals surface area contributed by atoms with Gasteiger partial charge in [0.25, 0.3) is 0 Å². The van der Waals surface area contributed by atoms with Crippen LogP contribution in [0, 0.1) is 11.8 Å². The van der Waals surface area contributed by atoms with Gasteiger partial charge in [-0.05, 0) is 59.3 Å². The van der Waals surface area contributed by atoms with Gasteiger partial charge in [-0.15, -0.1) is 66.5 Å². The van der Waals surface area contributed by atoms with E-state index in [0.29, 0.717) is 0 Å². The molecular formula is C23H24Cl6F6O2Si2. The molecule has 2 nitrogen and oxygen atoms in total. The molecule has 0 aliphatic heterocycles. The number of hydrogen-bond donors (Lipinski definition) is 0. The van der Waals surface area contributed by atoms with Crippen LogP contribution in [0.1, 0.15) is 25.0 Å². The molecule has 2 rings (SSSR count). The van der Waals surface area contributed by atoms with Gasteiger partial charge in [0.15, 0.2) is 0 Å². The SMILES string of the molecule is CC(COc1ccc(C(c2ccc(OCC(C)C[Si](Cl)(Cl)Cl)cc2)(C(F)(F)F)C(F)(F)F)cc1)C[Si](Cl)(Cl)Cl. The zero-order chi connectivity index (χ0) is 29.9. The van der Waals surface area contributed by atoms with Gasteiger partial charge in [-0.25, -0.2) is 0 Å². The van der Waals surface area contributed by atoms with E-state index in [-0.39, 0.29) is 48.6 Å². The molecule has 39 heavy (non-hydrogen) atoms. The Morgan fingerprint density at radius 1 is 0.590 bits per heavy atom. The number of ether oxygens (including phenoxy) is 2. The van der Waals surface area contributed by atoms with Crippen LogP contribution in [0.3, 0.4) is 0 Å². The summed E-state index contributed by atoms with van der Waals surface area (Å²) in [5.74, 6) is -0.237. The maximum Gasteiger partial charge on any atom is 0.411 e. The molecule has 0 amide bonds. The van der Waals surface area contributed by atoms with E-state index in [9.17, 15) is 26.3 Å². The Hall–Kier alpha value is -0.206. The highest BCUT2D eigenvalue weighted by atomic mass is 35.8. The largest absolute Gasteiger partial charge is 0.493 e. The van der Waals surface area contributed by atoms with Crippen LogP contribution >= 0.6 is 66.5 Å². The maximum absolute atomic E-state index is 14.4. The lowest BCUT2D eigenvalue weighted by molar-refractivity contribution is -0.288. The van der Waals surface area contributed by atoms with Gasteiger partial charge in [0.1, 0.15) is 11.5 Å². The molecule has 0 saturated heterocycles. The van der Waals surface area contributed by atoms with Crippen LogP contribution in [0.15, 0.2) is 48.5 Å². The molecule has 2 aromatic carbocycles. The van der Waals surface area contributed by atoms with E-state index in [1.807, 2.05) is 0 Å². The van der Waals surface area contributed by atoms with Gasteiger partial charge >= 0.3 is 24.4 Å². The second kappa shape index (κ2) is 13.4. The average molecular weight is 715 g/mol. The van der Waals surface area contributed by atoms with Crippen LogP contribution in [-0.4, -0.2) is 37.6 Å². The normalized spacial score (nSPS) is 15.1. The van der Waals surface area contributed by atoms with Crippen molar-refractivity contribution in [2.75, 3.05) is 13.2 Å². The summed E-state index contributed by atoms with van der Waals surface area (Å²) in [5, 5.41) is 0. The quantitative estimate of drug-likeness (QED) is 0.124. The third kappa shape index (κ3) is 9.94. The van der Waals surface area contributed by atoms with Crippen molar-refractivity contribution in [1.29, 1.82) is 0 Å². The second-order valence-corrected chi connectivity index (χ2v) is 27.6. The van der Waals surface area contributed by atoms with Gasteiger partial charge in [0, 0.05) is 0 Å². The Balaban J connectivity index is 2.35. The van der Waals surface area contributed by atoms with E-state index in [1.54, 1.807) is 13.8 Å². The fraction of sp³-hybridized carbons (Fsp3) is 0.478. The van der Waals surface area contributed by atoms with Crippen LogP contribution in [-0.2, 0) is 5.41 Å². The van der Waals surface area contributed by atoms with Crippen LogP contribution in [0.2, 0.25) is 12.1 Å². The molecule has 0 aliphatic rings. The van der Waals surface area contributed by atoms with Crippen molar-refractivity contribution in [3.63, 3.8) is 0 Å². The third-order valence-electron chi connectivity index (χ3n) is 5.65. The second-order valence-electron chi connectivity index (χ2n) is 9.27. The predicted molar refractivity (Wildman–Crippen MR) is 151 cm³/mol. The summed E-state index contributed by atoms with van der Waals surface area (Å²) in [5.41, 5.74) is -6.35. The molecule has 2 unspecified atom stereocenters. The van der Waals surface area contributed by atoms with Crippen molar-refractivity contribution in [1.82, 2.24) is 0 Å². The van der Waals surface area contributed by atoms with Gasteiger partial charge in [0.05, 0.1) is 13.2 Å². The minimum Gasteiger partial charge on any atom is -0.493 e. The number of halogens is 12. The lowest BCUT2D eigenvalue weighted by atomic mass is 9.73. The van der Waals surface area contributed by atoms with Crippen molar-refractivity contribution in [3.8, 4) is 11.5 Å². The van der Waals surface area contributed by atoms with Crippen LogP contribution < -0.4 is 9.47 Å². The Kier molecular flexibility index (Phi) is 12.0. The highest BCUT2D eigenvalue weighted by Gasteiger charge is 2.72. The van der Waals surface area contributed by atoms with Crippen LogP contribution in [0.25, 0.3) is 0 Å². The zero-order valence-corrected chi connectivity index (χ0v) is 27.0. The molecular weight excluding hydrogens is 691 g/mol. The predicted octanol–water partition coefficient (Wildman–Crippen LogP) is 10.4. The van der Waals surface area contributed by atoms with Crippen molar-refractivity contribution in [2.45, 2.75) is 43.7 Å². The Bertz CT molecular complexity index is 972. The molecule has 0 N–H and O–H groups in total. The number of alkyl halides is 6. The Morgan fingerprint density at radius 3 is 1.10 bits per heavy atom. The number of benzene rings is 2. The van der Waals surface area contributed by atoms with Crippen LogP contribution in [0.5, 0.6) is 11.5 Å².